The number of ether oxygens (including phenoxy) is 1. The van der Waals surface area contributed by atoms with Crippen molar-refractivity contribution in [3.63, 3.8) is 0 Å². The van der Waals surface area contributed by atoms with E-state index in [1.54, 1.807) is 30.1 Å². The van der Waals surface area contributed by atoms with Crippen molar-refractivity contribution in [2.45, 2.75) is 13.8 Å². The molecule has 0 spiro atoms. The summed E-state index contributed by atoms with van der Waals surface area (Å²) in [4.78, 5) is 26.9. The standard InChI is InChI=1S/C23H21N3O3/c1-14-4-7-16(8-5-14)24-23(28)25-17-9-11-20-18(13-17)22(27)26(3)19-12-15(2)6-10-21(19)29-20/h4-13H,1-3H3,(H2,24,25,28). The van der Waals surface area contributed by atoms with E-state index in [9.17, 15) is 9.59 Å². The molecule has 3 aromatic rings. The van der Waals surface area contributed by atoms with Gasteiger partial charge in [-0.05, 0) is 61.9 Å². The summed E-state index contributed by atoms with van der Waals surface area (Å²) in [6.07, 6.45) is 0. The van der Waals surface area contributed by atoms with Crippen LogP contribution < -0.4 is 20.3 Å². The second kappa shape index (κ2) is 7.31. The first kappa shape index (κ1) is 18.6. The first-order valence-electron chi connectivity index (χ1n) is 9.26. The van der Waals surface area contributed by atoms with Crippen LogP contribution in [0.1, 0.15) is 21.5 Å². The van der Waals surface area contributed by atoms with Gasteiger partial charge in [-0.25, -0.2) is 4.79 Å². The lowest BCUT2D eigenvalue weighted by molar-refractivity contribution is 0.0993. The Morgan fingerprint density at radius 2 is 1.45 bits per heavy atom. The predicted molar refractivity (Wildman–Crippen MR) is 114 cm³/mol. The maximum absolute atomic E-state index is 13.0. The van der Waals surface area contributed by atoms with E-state index >= 15 is 0 Å². The summed E-state index contributed by atoms with van der Waals surface area (Å²) in [5.74, 6) is 0.865. The monoisotopic (exact) mass is 387 g/mol. The first-order valence-corrected chi connectivity index (χ1v) is 9.26. The molecule has 0 saturated heterocycles. The van der Waals surface area contributed by atoms with E-state index in [1.807, 2.05) is 56.3 Å². The zero-order valence-electron chi connectivity index (χ0n) is 16.4. The van der Waals surface area contributed by atoms with Crippen molar-refractivity contribution < 1.29 is 14.3 Å². The molecule has 1 aliphatic rings. The Balaban J connectivity index is 1.57. The third kappa shape index (κ3) is 3.78. The van der Waals surface area contributed by atoms with Gasteiger partial charge in [-0.2, -0.15) is 0 Å². The zero-order valence-corrected chi connectivity index (χ0v) is 16.4. The van der Waals surface area contributed by atoms with Crippen LogP contribution in [0.3, 0.4) is 0 Å². The van der Waals surface area contributed by atoms with Crippen LogP contribution in [0, 0.1) is 13.8 Å². The molecule has 1 aliphatic heterocycles. The van der Waals surface area contributed by atoms with Gasteiger partial charge in [0.1, 0.15) is 5.75 Å². The minimum atomic E-state index is -0.386. The molecule has 0 unspecified atom stereocenters. The number of nitrogens with one attached hydrogen (secondary N) is 2. The van der Waals surface area contributed by atoms with Crippen molar-refractivity contribution >= 4 is 29.0 Å². The highest BCUT2D eigenvalue weighted by Gasteiger charge is 2.26. The molecular weight excluding hydrogens is 366 g/mol. The first-order chi connectivity index (χ1) is 13.9. The average molecular weight is 387 g/mol. The fourth-order valence-electron chi connectivity index (χ4n) is 3.18. The molecule has 0 atom stereocenters. The Morgan fingerprint density at radius 1 is 0.828 bits per heavy atom. The van der Waals surface area contributed by atoms with Crippen LogP contribution in [0.2, 0.25) is 0 Å². The zero-order chi connectivity index (χ0) is 20.5. The minimum absolute atomic E-state index is 0.202. The Hall–Kier alpha value is -3.80. The van der Waals surface area contributed by atoms with Gasteiger partial charge < -0.3 is 20.3 Å². The number of hydrogen-bond donors (Lipinski definition) is 2. The minimum Gasteiger partial charge on any atom is -0.454 e. The van der Waals surface area contributed by atoms with E-state index in [4.69, 9.17) is 4.74 Å². The lowest BCUT2D eigenvalue weighted by Crippen LogP contribution is -2.25. The van der Waals surface area contributed by atoms with Crippen LogP contribution in [-0.2, 0) is 0 Å². The average Bonchev–Trinajstić information content (AvgIpc) is 2.80. The van der Waals surface area contributed by atoms with Crippen molar-refractivity contribution in [3.8, 4) is 11.5 Å². The molecule has 6 heteroatoms. The van der Waals surface area contributed by atoms with E-state index in [2.05, 4.69) is 10.6 Å². The number of hydrogen-bond acceptors (Lipinski definition) is 3. The maximum atomic E-state index is 13.0. The highest BCUT2D eigenvalue weighted by molar-refractivity contribution is 6.10. The second-order valence-corrected chi connectivity index (χ2v) is 7.09. The molecular formula is C23H21N3O3. The lowest BCUT2D eigenvalue weighted by Gasteiger charge is -2.16. The SMILES string of the molecule is Cc1ccc(NC(=O)Nc2ccc3c(c2)C(=O)N(C)c2cc(C)ccc2O3)cc1. The predicted octanol–water partition coefficient (Wildman–Crippen LogP) is 5.33. The quantitative estimate of drug-likeness (QED) is 0.624. The van der Waals surface area contributed by atoms with Crippen molar-refractivity contribution in [1.82, 2.24) is 0 Å². The molecule has 1 heterocycles. The summed E-state index contributed by atoms with van der Waals surface area (Å²) < 4.78 is 5.97. The summed E-state index contributed by atoms with van der Waals surface area (Å²) in [7, 11) is 1.71. The van der Waals surface area contributed by atoms with Crippen LogP contribution in [0.25, 0.3) is 0 Å². The van der Waals surface area contributed by atoms with E-state index in [0.717, 1.165) is 11.1 Å². The molecule has 3 aromatic carbocycles. The number of fused-ring (bicyclic) bond motifs is 2. The van der Waals surface area contributed by atoms with Crippen molar-refractivity contribution in [2.75, 3.05) is 22.6 Å². The number of rotatable bonds is 2. The molecule has 0 fully saturated rings. The molecule has 0 bridgehead atoms. The van der Waals surface area contributed by atoms with Gasteiger partial charge in [0, 0.05) is 18.4 Å². The topological polar surface area (TPSA) is 70.7 Å². The van der Waals surface area contributed by atoms with Gasteiger partial charge in [-0.3, -0.25) is 4.79 Å². The maximum Gasteiger partial charge on any atom is 0.323 e. The van der Waals surface area contributed by atoms with Crippen LogP contribution in [-0.4, -0.2) is 19.0 Å². The van der Waals surface area contributed by atoms with Crippen molar-refractivity contribution in [2.24, 2.45) is 0 Å². The Kier molecular flexibility index (Phi) is 4.68. The molecule has 6 nitrogen and oxygen atoms in total. The summed E-state index contributed by atoms with van der Waals surface area (Å²) in [5.41, 5.74) is 4.43. The van der Waals surface area contributed by atoms with Crippen LogP contribution in [0.5, 0.6) is 11.5 Å². The number of aryl methyl sites for hydroxylation is 2. The number of carbonyl (C=O) groups is 2. The summed E-state index contributed by atoms with van der Waals surface area (Å²) in [6, 6.07) is 17.8. The summed E-state index contributed by atoms with van der Waals surface area (Å²) in [5, 5.41) is 5.54. The van der Waals surface area contributed by atoms with Gasteiger partial charge in [-0.1, -0.05) is 23.8 Å². The third-order valence-electron chi connectivity index (χ3n) is 4.78. The molecule has 0 aromatic heterocycles. The lowest BCUT2D eigenvalue weighted by atomic mass is 10.1. The number of nitrogens with zero attached hydrogens (tertiary/aromatic N) is 1. The molecule has 0 aliphatic carbocycles. The molecule has 0 radical (unpaired) electrons. The number of anilines is 3. The van der Waals surface area contributed by atoms with Gasteiger partial charge in [0.25, 0.3) is 5.91 Å². The number of urea groups is 1. The Labute approximate surface area is 169 Å². The Bertz CT molecular complexity index is 1110. The van der Waals surface area contributed by atoms with Gasteiger partial charge in [0.2, 0.25) is 0 Å². The van der Waals surface area contributed by atoms with Crippen LogP contribution in [0.4, 0.5) is 21.9 Å². The highest BCUT2D eigenvalue weighted by Crippen LogP contribution is 2.39. The smallest absolute Gasteiger partial charge is 0.323 e. The van der Waals surface area contributed by atoms with Gasteiger partial charge in [-0.15, -0.1) is 0 Å². The second-order valence-electron chi connectivity index (χ2n) is 7.09. The van der Waals surface area contributed by atoms with Crippen LogP contribution >= 0.6 is 0 Å². The van der Waals surface area contributed by atoms with Gasteiger partial charge >= 0.3 is 6.03 Å². The van der Waals surface area contributed by atoms with Gasteiger partial charge in [0.05, 0.1) is 11.3 Å². The van der Waals surface area contributed by atoms with Crippen molar-refractivity contribution in [1.29, 1.82) is 0 Å². The molecule has 29 heavy (non-hydrogen) atoms. The normalized spacial score (nSPS) is 12.4. The number of benzene rings is 3. The summed E-state index contributed by atoms with van der Waals surface area (Å²) in [6.45, 7) is 3.94. The van der Waals surface area contributed by atoms with Gasteiger partial charge in [0.15, 0.2) is 5.75 Å². The van der Waals surface area contributed by atoms with E-state index in [1.165, 1.54) is 0 Å². The molecule has 3 amide bonds. The van der Waals surface area contributed by atoms with Crippen molar-refractivity contribution in [3.05, 3.63) is 77.4 Å². The molecule has 146 valence electrons. The fourth-order valence-corrected chi connectivity index (χ4v) is 3.18. The Morgan fingerprint density at radius 3 is 2.21 bits per heavy atom. The highest BCUT2D eigenvalue weighted by atomic mass is 16.5. The van der Waals surface area contributed by atoms with Crippen LogP contribution in [0.15, 0.2) is 60.7 Å². The van der Waals surface area contributed by atoms with E-state index in [-0.39, 0.29) is 11.9 Å². The van der Waals surface area contributed by atoms with E-state index in [0.29, 0.717) is 34.1 Å². The molecule has 4 rings (SSSR count). The fraction of sp³-hybridized carbons (Fsp3) is 0.130. The molecule has 2 N–H and O–H groups in total. The number of amides is 3. The molecule has 0 saturated carbocycles. The summed E-state index contributed by atoms with van der Waals surface area (Å²) >= 11 is 0. The largest absolute Gasteiger partial charge is 0.454 e. The third-order valence-corrected chi connectivity index (χ3v) is 4.78. The van der Waals surface area contributed by atoms with E-state index < -0.39 is 0 Å². The number of carbonyl (C=O) groups excluding carboxylic acids is 2.